The zero-order chi connectivity index (χ0) is 15.1. The first-order valence-electron chi connectivity index (χ1n) is 6.76. The Balaban J connectivity index is 2.10. The average molecular weight is 283 g/mol. The fraction of sp³-hybridized carbons (Fsp3) is 0.235. The van der Waals surface area contributed by atoms with Gasteiger partial charge in [0, 0.05) is 17.7 Å². The molecule has 4 heteroatoms. The van der Waals surface area contributed by atoms with Gasteiger partial charge in [-0.15, -0.1) is 0 Å². The third-order valence-corrected chi connectivity index (χ3v) is 3.04. The Hall–Kier alpha value is -2.51. The van der Waals surface area contributed by atoms with Crippen molar-refractivity contribution in [3.8, 4) is 11.8 Å². The van der Waals surface area contributed by atoms with Gasteiger partial charge in [-0.2, -0.15) is 0 Å². The van der Waals surface area contributed by atoms with Crippen molar-refractivity contribution in [2.45, 2.75) is 13.5 Å². The maximum atomic E-state index is 12.4. The van der Waals surface area contributed by atoms with E-state index in [4.69, 9.17) is 9.52 Å². The molecule has 0 radical (unpaired) electrons. The molecular weight excluding hydrogens is 266 g/mol. The number of carbonyl (C=O) groups is 1. The van der Waals surface area contributed by atoms with Gasteiger partial charge in [-0.3, -0.25) is 4.79 Å². The summed E-state index contributed by atoms with van der Waals surface area (Å²) in [4.78, 5) is 14.2. The Bertz CT molecular complexity index is 633. The van der Waals surface area contributed by atoms with Gasteiger partial charge in [0.1, 0.15) is 12.4 Å². The Morgan fingerprint density at radius 3 is 2.62 bits per heavy atom. The van der Waals surface area contributed by atoms with Crippen LogP contribution in [-0.2, 0) is 6.54 Å². The molecule has 1 aromatic heterocycles. The molecule has 0 aliphatic rings. The van der Waals surface area contributed by atoms with Crippen molar-refractivity contribution in [3.63, 3.8) is 0 Å². The summed E-state index contributed by atoms with van der Waals surface area (Å²) in [6.07, 6.45) is 1.60. The molecule has 0 fully saturated rings. The van der Waals surface area contributed by atoms with Crippen LogP contribution in [0.4, 0.5) is 0 Å². The number of carbonyl (C=O) groups excluding carboxylic acids is 1. The highest BCUT2D eigenvalue weighted by molar-refractivity contribution is 5.94. The fourth-order valence-electron chi connectivity index (χ4n) is 1.94. The number of benzene rings is 1. The first-order valence-corrected chi connectivity index (χ1v) is 6.76. The molecule has 0 atom stereocenters. The smallest absolute Gasteiger partial charge is 0.254 e. The summed E-state index contributed by atoms with van der Waals surface area (Å²) < 4.78 is 5.28. The Morgan fingerprint density at radius 2 is 2.05 bits per heavy atom. The molecule has 21 heavy (non-hydrogen) atoms. The molecule has 1 amide bonds. The van der Waals surface area contributed by atoms with Crippen LogP contribution in [0.1, 0.15) is 28.6 Å². The van der Waals surface area contributed by atoms with E-state index in [-0.39, 0.29) is 12.5 Å². The van der Waals surface area contributed by atoms with Gasteiger partial charge < -0.3 is 14.4 Å². The van der Waals surface area contributed by atoms with Crippen LogP contribution in [0.15, 0.2) is 47.1 Å². The van der Waals surface area contributed by atoms with E-state index in [2.05, 4.69) is 11.8 Å². The van der Waals surface area contributed by atoms with E-state index < -0.39 is 0 Å². The number of hydrogen-bond acceptors (Lipinski definition) is 3. The summed E-state index contributed by atoms with van der Waals surface area (Å²) in [6.45, 7) is 2.81. The number of rotatable bonds is 4. The van der Waals surface area contributed by atoms with Crippen LogP contribution < -0.4 is 0 Å². The predicted octanol–water partition coefficient (Wildman–Crippen LogP) is 2.29. The average Bonchev–Trinajstić information content (AvgIpc) is 3.03. The molecule has 0 aliphatic heterocycles. The normalized spacial score (nSPS) is 9.81. The van der Waals surface area contributed by atoms with Gasteiger partial charge in [0.2, 0.25) is 0 Å². The highest BCUT2D eigenvalue weighted by Crippen LogP contribution is 2.11. The molecule has 1 N–H and O–H groups in total. The SMILES string of the molecule is CCN(Cc1ccco1)C(=O)c1ccc(C#CCO)cc1. The van der Waals surface area contributed by atoms with Gasteiger partial charge in [0.25, 0.3) is 5.91 Å². The largest absolute Gasteiger partial charge is 0.467 e. The van der Waals surface area contributed by atoms with E-state index in [1.165, 1.54) is 0 Å². The summed E-state index contributed by atoms with van der Waals surface area (Å²) in [5.41, 5.74) is 1.38. The molecule has 0 saturated heterocycles. The van der Waals surface area contributed by atoms with Crippen LogP contribution in [0.5, 0.6) is 0 Å². The van der Waals surface area contributed by atoms with Crippen LogP contribution in [0.2, 0.25) is 0 Å². The van der Waals surface area contributed by atoms with Crippen molar-refractivity contribution in [1.29, 1.82) is 0 Å². The zero-order valence-electron chi connectivity index (χ0n) is 11.9. The molecule has 0 spiro atoms. The quantitative estimate of drug-likeness (QED) is 0.876. The lowest BCUT2D eigenvalue weighted by Gasteiger charge is -2.19. The molecule has 2 rings (SSSR count). The van der Waals surface area contributed by atoms with Crippen LogP contribution in [-0.4, -0.2) is 29.1 Å². The number of furan rings is 1. The van der Waals surface area contributed by atoms with Gasteiger partial charge in [0.05, 0.1) is 12.8 Å². The fourth-order valence-corrected chi connectivity index (χ4v) is 1.94. The minimum absolute atomic E-state index is 0.0458. The van der Waals surface area contributed by atoms with Gasteiger partial charge in [-0.25, -0.2) is 0 Å². The number of amides is 1. The van der Waals surface area contributed by atoms with E-state index >= 15 is 0 Å². The third-order valence-electron chi connectivity index (χ3n) is 3.04. The van der Waals surface area contributed by atoms with Gasteiger partial charge in [-0.05, 0) is 43.3 Å². The summed E-state index contributed by atoms with van der Waals surface area (Å²) >= 11 is 0. The zero-order valence-corrected chi connectivity index (χ0v) is 11.9. The highest BCUT2D eigenvalue weighted by Gasteiger charge is 2.15. The van der Waals surface area contributed by atoms with E-state index in [1.807, 2.05) is 19.1 Å². The lowest BCUT2D eigenvalue weighted by Crippen LogP contribution is -2.30. The first kappa shape index (κ1) is 14.9. The van der Waals surface area contributed by atoms with Gasteiger partial charge in [-0.1, -0.05) is 11.8 Å². The van der Waals surface area contributed by atoms with Gasteiger partial charge in [0.15, 0.2) is 0 Å². The summed E-state index contributed by atoms with van der Waals surface area (Å²) in [5.74, 6) is 6.09. The van der Waals surface area contributed by atoms with Crippen LogP contribution in [0, 0.1) is 11.8 Å². The second-order valence-corrected chi connectivity index (χ2v) is 4.44. The summed E-state index contributed by atoms with van der Waals surface area (Å²) in [6, 6.07) is 10.7. The molecule has 0 saturated carbocycles. The molecule has 1 aromatic carbocycles. The predicted molar refractivity (Wildman–Crippen MR) is 79.5 cm³/mol. The molecular formula is C17H17NO3. The lowest BCUT2D eigenvalue weighted by molar-refractivity contribution is 0.0741. The van der Waals surface area contributed by atoms with Crippen LogP contribution >= 0.6 is 0 Å². The minimum Gasteiger partial charge on any atom is -0.467 e. The molecule has 1 heterocycles. The topological polar surface area (TPSA) is 53.7 Å². The van der Waals surface area contributed by atoms with E-state index in [9.17, 15) is 4.79 Å². The third kappa shape index (κ3) is 3.98. The minimum atomic E-state index is -0.173. The van der Waals surface area contributed by atoms with Crippen molar-refractivity contribution in [1.82, 2.24) is 4.90 Å². The molecule has 4 nitrogen and oxygen atoms in total. The Labute approximate surface area is 124 Å². The van der Waals surface area contributed by atoms with Crippen molar-refractivity contribution in [3.05, 3.63) is 59.5 Å². The molecule has 0 aliphatic carbocycles. The van der Waals surface area contributed by atoms with Crippen molar-refractivity contribution in [2.24, 2.45) is 0 Å². The van der Waals surface area contributed by atoms with Crippen LogP contribution in [0.3, 0.4) is 0 Å². The maximum absolute atomic E-state index is 12.4. The van der Waals surface area contributed by atoms with E-state index in [0.29, 0.717) is 18.7 Å². The van der Waals surface area contributed by atoms with E-state index in [0.717, 1.165) is 11.3 Å². The summed E-state index contributed by atoms with van der Waals surface area (Å²) in [7, 11) is 0. The second-order valence-electron chi connectivity index (χ2n) is 4.44. The lowest BCUT2D eigenvalue weighted by atomic mass is 10.1. The molecule has 2 aromatic rings. The maximum Gasteiger partial charge on any atom is 0.254 e. The Morgan fingerprint density at radius 1 is 1.29 bits per heavy atom. The van der Waals surface area contributed by atoms with Crippen molar-refractivity contribution >= 4 is 5.91 Å². The van der Waals surface area contributed by atoms with Crippen LogP contribution in [0.25, 0.3) is 0 Å². The second kappa shape index (κ2) is 7.32. The molecule has 108 valence electrons. The number of nitrogens with zero attached hydrogens (tertiary/aromatic N) is 1. The standard InChI is InChI=1S/C17H17NO3/c1-2-18(13-16-6-4-12-21-16)17(20)15-9-7-14(8-10-15)5-3-11-19/h4,6-10,12,19H,2,11,13H2,1H3. The molecule has 0 unspecified atom stereocenters. The highest BCUT2D eigenvalue weighted by atomic mass is 16.3. The summed E-state index contributed by atoms with van der Waals surface area (Å²) in [5, 5.41) is 8.65. The van der Waals surface area contributed by atoms with Crippen molar-refractivity contribution in [2.75, 3.05) is 13.2 Å². The monoisotopic (exact) mass is 283 g/mol. The Kier molecular flexibility index (Phi) is 5.19. The number of aliphatic hydroxyl groups excluding tert-OH is 1. The van der Waals surface area contributed by atoms with Gasteiger partial charge >= 0.3 is 0 Å². The number of aliphatic hydroxyl groups is 1. The number of hydrogen-bond donors (Lipinski definition) is 1. The molecule has 0 bridgehead atoms. The first-order chi connectivity index (χ1) is 10.2. The van der Waals surface area contributed by atoms with Crippen molar-refractivity contribution < 1.29 is 14.3 Å². The van der Waals surface area contributed by atoms with E-state index in [1.54, 1.807) is 35.4 Å².